The van der Waals surface area contributed by atoms with E-state index in [1.54, 1.807) is 11.5 Å². The van der Waals surface area contributed by atoms with Gasteiger partial charge < -0.3 is 15.0 Å². The summed E-state index contributed by atoms with van der Waals surface area (Å²) >= 11 is 1.59. The Bertz CT molecular complexity index is 1220. The number of H-pyrrole nitrogens is 1. The molecule has 0 unspecified atom stereocenters. The van der Waals surface area contributed by atoms with Crippen LogP contribution in [0.1, 0.15) is 18.1 Å². The molecule has 4 aromatic rings. The van der Waals surface area contributed by atoms with Crippen LogP contribution in [0.25, 0.3) is 26.6 Å². The Labute approximate surface area is 180 Å². The van der Waals surface area contributed by atoms with Gasteiger partial charge in [0.2, 0.25) is 0 Å². The van der Waals surface area contributed by atoms with Crippen LogP contribution in [-0.2, 0) is 6.42 Å². The van der Waals surface area contributed by atoms with Gasteiger partial charge in [-0.1, -0.05) is 24.8 Å². The predicted octanol–water partition coefficient (Wildman–Crippen LogP) is 4.88. The van der Waals surface area contributed by atoms with Gasteiger partial charge >= 0.3 is 0 Å². The largest absolute Gasteiger partial charge is 0.494 e. The molecular formula is C24H26N4OS. The fraction of sp³-hybridized carbons (Fsp3) is 0.292. The fourth-order valence-corrected chi connectivity index (χ4v) is 5.18. The van der Waals surface area contributed by atoms with Crippen molar-refractivity contribution >= 4 is 43.9 Å². The van der Waals surface area contributed by atoms with E-state index in [-0.39, 0.29) is 5.88 Å². The van der Waals surface area contributed by atoms with Crippen molar-refractivity contribution in [3.8, 4) is 5.88 Å². The number of fused-ring (bicyclic) bond motifs is 2. The molecule has 1 aliphatic heterocycles. The maximum Gasteiger partial charge on any atom is 0.197 e. The summed E-state index contributed by atoms with van der Waals surface area (Å²) in [7, 11) is 0. The molecule has 0 atom stereocenters. The molecule has 1 saturated heterocycles. The Morgan fingerprint density at radius 2 is 1.93 bits per heavy atom. The number of anilines is 1. The first-order valence-corrected chi connectivity index (χ1v) is 11.2. The average Bonchev–Trinajstić information content (AvgIpc) is 3.32. The molecular weight excluding hydrogens is 392 g/mol. The van der Waals surface area contributed by atoms with Crippen LogP contribution in [0, 0.1) is 0 Å². The Hall–Kier alpha value is -2.83. The van der Waals surface area contributed by atoms with E-state index in [0.717, 1.165) is 67.0 Å². The van der Waals surface area contributed by atoms with Crippen LogP contribution in [0.4, 0.5) is 5.82 Å². The molecule has 5 rings (SSSR count). The minimum absolute atomic E-state index is 0.209. The number of hydrogen-bond acceptors (Lipinski definition) is 5. The molecule has 2 N–H and O–H groups in total. The lowest BCUT2D eigenvalue weighted by atomic mass is 10.0. The number of hydrogen-bond donors (Lipinski definition) is 2. The lowest BCUT2D eigenvalue weighted by Gasteiger charge is -2.35. The van der Waals surface area contributed by atoms with Crippen LogP contribution >= 0.6 is 11.5 Å². The van der Waals surface area contributed by atoms with Gasteiger partial charge in [-0.25, -0.2) is 0 Å². The summed E-state index contributed by atoms with van der Waals surface area (Å²) in [6.07, 6.45) is 0.997. The van der Waals surface area contributed by atoms with E-state index < -0.39 is 0 Å². The highest BCUT2D eigenvalue weighted by molar-refractivity contribution is 7.13. The summed E-state index contributed by atoms with van der Waals surface area (Å²) < 4.78 is 5.97. The van der Waals surface area contributed by atoms with Gasteiger partial charge in [-0.05, 0) is 60.3 Å². The van der Waals surface area contributed by atoms with Crippen molar-refractivity contribution in [1.29, 1.82) is 0 Å². The summed E-state index contributed by atoms with van der Waals surface area (Å²) in [6.45, 7) is 11.1. The number of piperazine rings is 1. The number of nitrogens with one attached hydrogen (secondary N) is 1. The second-order valence-corrected chi connectivity index (χ2v) is 8.89. The molecule has 0 aliphatic carbocycles. The molecule has 6 heteroatoms. The summed E-state index contributed by atoms with van der Waals surface area (Å²) in [4.78, 5) is 8.00. The topological polar surface area (TPSA) is 55.4 Å². The first-order chi connectivity index (χ1) is 14.6. The highest BCUT2D eigenvalue weighted by atomic mass is 32.1. The van der Waals surface area contributed by atoms with Gasteiger partial charge in [0, 0.05) is 54.6 Å². The molecule has 0 radical (unpaired) electrons. The van der Waals surface area contributed by atoms with Crippen LogP contribution in [-0.4, -0.2) is 52.1 Å². The molecule has 0 bridgehead atoms. The maximum atomic E-state index is 10.2. The third-order valence-electron chi connectivity index (χ3n) is 6.02. The Morgan fingerprint density at radius 1 is 1.13 bits per heavy atom. The first kappa shape index (κ1) is 19.2. The second-order valence-electron chi connectivity index (χ2n) is 8.09. The zero-order valence-electron chi connectivity index (χ0n) is 17.2. The van der Waals surface area contributed by atoms with Gasteiger partial charge in [0.25, 0.3) is 0 Å². The van der Waals surface area contributed by atoms with E-state index in [4.69, 9.17) is 4.37 Å². The molecule has 3 heterocycles. The minimum atomic E-state index is 0.209. The highest BCUT2D eigenvalue weighted by Crippen LogP contribution is 2.33. The van der Waals surface area contributed by atoms with E-state index >= 15 is 0 Å². The van der Waals surface area contributed by atoms with Crippen molar-refractivity contribution < 1.29 is 5.11 Å². The van der Waals surface area contributed by atoms with Crippen LogP contribution in [0.5, 0.6) is 5.88 Å². The van der Waals surface area contributed by atoms with Crippen molar-refractivity contribution in [2.75, 3.05) is 37.6 Å². The number of benzene rings is 2. The number of nitrogens with zero attached hydrogens (tertiary/aromatic N) is 3. The van der Waals surface area contributed by atoms with Gasteiger partial charge in [-0.15, -0.1) is 0 Å². The third kappa shape index (κ3) is 3.46. The van der Waals surface area contributed by atoms with E-state index in [1.165, 1.54) is 15.6 Å². The highest BCUT2D eigenvalue weighted by Gasteiger charge is 2.20. The van der Waals surface area contributed by atoms with Crippen LogP contribution < -0.4 is 4.90 Å². The third-order valence-corrected chi connectivity index (χ3v) is 6.83. The first-order valence-electron chi connectivity index (χ1n) is 10.4. The molecule has 0 spiro atoms. The zero-order valence-corrected chi connectivity index (χ0v) is 18.0. The average molecular weight is 419 g/mol. The standard InChI is InChI=1S/C24H26N4OS/c1-16(2)22-19-15-17(7-8-20(19)25-24(22)29)9-10-27-11-13-28(14-12-27)23-18-5-3-4-6-21(18)30-26-23/h3-8,15,25,29H,1,9-14H2,2H3. The minimum Gasteiger partial charge on any atom is -0.494 e. The molecule has 0 saturated carbocycles. The molecule has 0 amide bonds. The lowest BCUT2D eigenvalue weighted by Crippen LogP contribution is -2.47. The second kappa shape index (κ2) is 7.78. The summed E-state index contributed by atoms with van der Waals surface area (Å²) in [6, 6.07) is 14.9. The van der Waals surface area contributed by atoms with Crippen LogP contribution in [0.2, 0.25) is 0 Å². The molecule has 30 heavy (non-hydrogen) atoms. The Balaban J connectivity index is 1.23. The molecule has 154 valence electrons. The van der Waals surface area contributed by atoms with E-state index in [1.807, 2.05) is 6.92 Å². The summed E-state index contributed by atoms with van der Waals surface area (Å²) in [5.74, 6) is 1.35. The smallest absolute Gasteiger partial charge is 0.197 e. The zero-order chi connectivity index (χ0) is 20.7. The Kier molecular flexibility index (Phi) is 4.97. The number of rotatable bonds is 5. The van der Waals surface area contributed by atoms with Crippen molar-refractivity contribution in [3.63, 3.8) is 0 Å². The van der Waals surface area contributed by atoms with Gasteiger partial charge in [-0.3, -0.25) is 4.90 Å². The molecule has 1 aliphatic rings. The molecule has 2 aromatic carbocycles. The van der Waals surface area contributed by atoms with Gasteiger partial charge in [0.1, 0.15) is 5.82 Å². The predicted molar refractivity (Wildman–Crippen MR) is 127 cm³/mol. The molecule has 2 aromatic heterocycles. The van der Waals surface area contributed by atoms with E-state index in [2.05, 4.69) is 63.8 Å². The van der Waals surface area contributed by atoms with Crippen LogP contribution in [0.3, 0.4) is 0 Å². The van der Waals surface area contributed by atoms with Crippen molar-refractivity contribution in [2.45, 2.75) is 13.3 Å². The van der Waals surface area contributed by atoms with Crippen molar-refractivity contribution in [1.82, 2.24) is 14.3 Å². The SMILES string of the molecule is C=C(C)c1c(O)[nH]c2ccc(CCN3CCN(c4nsc5ccccc45)CC3)cc12. The van der Waals surface area contributed by atoms with Crippen LogP contribution in [0.15, 0.2) is 49.0 Å². The van der Waals surface area contributed by atoms with Crippen molar-refractivity contribution in [2.24, 2.45) is 0 Å². The normalized spacial score (nSPS) is 15.3. The van der Waals surface area contributed by atoms with E-state index in [0.29, 0.717) is 0 Å². The van der Waals surface area contributed by atoms with Gasteiger partial charge in [0.05, 0.1) is 4.70 Å². The number of aromatic amines is 1. The Morgan fingerprint density at radius 3 is 2.73 bits per heavy atom. The number of allylic oxidation sites excluding steroid dienone is 1. The summed E-state index contributed by atoms with van der Waals surface area (Å²) in [5, 5.41) is 12.5. The van der Waals surface area contributed by atoms with Gasteiger partial charge in [0.15, 0.2) is 5.88 Å². The summed E-state index contributed by atoms with van der Waals surface area (Å²) in [5.41, 5.74) is 3.95. The maximum absolute atomic E-state index is 10.2. The molecule has 1 fully saturated rings. The fourth-order valence-electron chi connectivity index (χ4n) is 4.38. The monoisotopic (exact) mass is 418 g/mol. The molecule has 5 nitrogen and oxygen atoms in total. The lowest BCUT2D eigenvalue weighted by molar-refractivity contribution is 0.261. The van der Waals surface area contributed by atoms with Crippen molar-refractivity contribution in [3.05, 3.63) is 60.2 Å². The number of aromatic hydroxyl groups is 1. The van der Waals surface area contributed by atoms with Gasteiger partial charge in [-0.2, -0.15) is 4.37 Å². The quantitative estimate of drug-likeness (QED) is 0.485. The van der Waals surface area contributed by atoms with E-state index in [9.17, 15) is 5.11 Å². The number of aromatic nitrogens is 2.